The van der Waals surface area contributed by atoms with Gasteiger partial charge in [-0.05, 0) is 0 Å². The van der Waals surface area contributed by atoms with E-state index in [4.69, 9.17) is 5.11 Å². The van der Waals surface area contributed by atoms with Gasteiger partial charge >= 0.3 is 11.9 Å². The predicted octanol–water partition coefficient (Wildman–Crippen LogP) is -1.92. The van der Waals surface area contributed by atoms with Gasteiger partial charge in [-0.3, -0.25) is 14.3 Å². The van der Waals surface area contributed by atoms with E-state index in [0.717, 1.165) is 12.3 Å². The molecule has 0 unspecified atom stereocenters. The minimum atomic E-state index is -5.19. The number of halogens is 3. The highest BCUT2D eigenvalue weighted by atomic mass is 19.4. The van der Waals surface area contributed by atoms with Crippen molar-refractivity contribution in [2.24, 2.45) is 0 Å². The third-order valence-electron chi connectivity index (χ3n) is 3.26. The maximum atomic E-state index is 13.0. The van der Waals surface area contributed by atoms with E-state index in [2.05, 4.69) is 4.74 Å². The van der Waals surface area contributed by atoms with Crippen molar-refractivity contribution in [1.82, 2.24) is 9.55 Å². The number of ether oxygens (including phenoxy) is 1. The number of nitrogens with one attached hydrogen (secondary N) is 1. The molecule has 2 heterocycles. The molecule has 1 fully saturated rings. The molecular weight excluding hydrogens is 301 g/mol. The largest absolute Gasteiger partial charge is 0.422 e. The van der Waals surface area contributed by atoms with Crippen LogP contribution in [0.1, 0.15) is 6.23 Å². The zero-order valence-electron chi connectivity index (χ0n) is 10.2. The maximum Gasteiger partial charge on any atom is 0.422 e. The number of hydrogen-bond donors (Lipinski definition) is 4. The molecule has 1 aliphatic rings. The summed E-state index contributed by atoms with van der Waals surface area (Å²) >= 11 is 0. The van der Waals surface area contributed by atoms with Crippen molar-refractivity contribution < 1.29 is 33.2 Å². The van der Waals surface area contributed by atoms with Crippen LogP contribution in [0.5, 0.6) is 0 Å². The summed E-state index contributed by atoms with van der Waals surface area (Å²) in [6.07, 6.45) is -10.9. The quantitative estimate of drug-likeness (QED) is 0.504. The number of nitrogens with zero attached hydrogens (tertiary/aromatic N) is 1. The summed E-state index contributed by atoms with van der Waals surface area (Å²) in [5.74, 6) is 0. The van der Waals surface area contributed by atoms with Crippen LogP contribution in [0, 0.1) is 0 Å². The Kier molecular flexibility index (Phi) is 3.70. The van der Waals surface area contributed by atoms with Gasteiger partial charge in [0.25, 0.3) is 5.56 Å². The monoisotopic (exact) mass is 312 g/mol. The van der Waals surface area contributed by atoms with Gasteiger partial charge in [0.1, 0.15) is 12.2 Å². The van der Waals surface area contributed by atoms with Gasteiger partial charge in [0, 0.05) is 12.3 Å². The van der Waals surface area contributed by atoms with Crippen molar-refractivity contribution in [3.05, 3.63) is 33.1 Å². The van der Waals surface area contributed by atoms with Gasteiger partial charge in [0.2, 0.25) is 5.60 Å². The van der Waals surface area contributed by atoms with Crippen molar-refractivity contribution in [2.75, 3.05) is 6.61 Å². The number of aliphatic hydroxyl groups excluding tert-OH is 3. The van der Waals surface area contributed by atoms with Crippen molar-refractivity contribution in [3.8, 4) is 0 Å². The standard InChI is InChI=1S/C10H11F3N2O6/c11-10(12,13)9(3-16)6(19)5(18)7(21-9)15-2-1-4(17)14-8(15)20/h1-2,5-7,16,18-19H,3H2,(H,14,17,20)/t5-,6+,7-,9-/m1/s1. The van der Waals surface area contributed by atoms with E-state index in [1.54, 1.807) is 4.98 Å². The third kappa shape index (κ3) is 2.27. The molecule has 0 bridgehead atoms. The molecule has 1 aromatic rings. The first-order valence-corrected chi connectivity index (χ1v) is 5.67. The topological polar surface area (TPSA) is 125 Å². The van der Waals surface area contributed by atoms with Gasteiger partial charge in [-0.1, -0.05) is 0 Å². The van der Waals surface area contributed by atoms with Crippen LogP contribution in [-0.4, -0.2) is 55.5 Å². The number of rotatable bonds is 2. The van der Waals surface area contributed by atoms with Crippen LogP contribution in [0.25, 0.3) is 0 Å². The van der Waals surface area contributed by atoms with Crippen LogP contribution in [0.15, 0.2) is 21.9 Å². The predicted molar refractivity (Wildman–Crippen MR) is 59.3 cm³/mol. The van der Waals surface area contributed by atoms with Crippen molar-refractivity contribution in [1.29, 1.82) is 0 Å². The van der Waals surface area contributed by atoms with Crippen LogP contribution >= 0.6 is 0 Å². The van der Waals surface area contributed by atoms with E-state index in [0.29, 0.717) is 4.57 Å². The van der Waals surface area contributed by atoms with Crippen LogP contribution in [-0.2, 0) is 4.74 Å². The molecule has 21 heavy (non-hydrogen) atoms. The molecule has 1 aromatic heterocycles. The van der Waals surface area contributed by atoms with Crippen molar-refractivity contribution in [2.45, 2.75) is 30.2 Å². The smallest absolute Gasteiger partial charge is 0.393 e. The zero-order valence-corrected chi connectivity index (χ0v) is 10.2. The van der Waals surface area contributed by atoms with E-state index in [1.165, 1.54) is 0 Å². The molecule has 0 aliphatic carbocycles. The zero-order chi connectivity index (χ0) is 16.0. The first-order chi connectivity index (χ1) is 9.64. The van der Waals surface area contributed by atoms with Gasteiger partial charge in [0.15, 0.2) is 6.23 Å². The Morgan fingerprint density at radius 2 is 2.00 bits per heavy atom. The molecule has 4 atom stereocenters. The molecule has 4 N–H and O–H groups in total. The van der Waals surface area contributed by atoms with Crippen molar-refractivity contribution in [3.63, 3.8) is 0 Å². The lowest BCUT2D eigenvalue weighted by molar-refractivity contribution is -0.306. The van der Waals surface area contributed by atoms with Gasteiger partial charge in [-0.2, -0.15) is 13.2 Å². The molecule has 0 radical (unpaired) electrons. The molecule has 1 saturated heterocycles. The summed E-state index contributed by atoms with van der Waals surface area (Å²) in [6, 6.07) is 0.830. The number of hydrogen-bond acceptors (Lipinski definition) is 6. The van der Waals surface area contributed by atoms with Gasteiger partial charge in [-0.25, -0.2) is 4.79 Å². The van der Waals surface area contributed by atoms with Crippen molar-refractivity contribution >= 4 is 0 Å². The van der Waals surface area contributed by atoms with E-state index < -0.39 is 48.1 Å². The summed E-state index contributed by atoms with van der Waals surface area (Å²) in [4.78, 5) is 24.2. The average Bonchev–Trinajstić information content (AvgIpc) is 2.63. The second-order valence-electron chi connectivity index (χ2n) is 4.51. The minimum Gasteiger partial charge on any atom is -0.393 e. The van der Waals surface area contributed by atoms with Gasteiger partial charge in [-0.15, -0.1) is 0 Å². The summed E-state index contributed by atoms with van der Waals surface area (Å²) in [5, 5.41) is 28.2. The lowest BCUT2D eigenvalue weighted by Gasteiger charge is -2.31. The minimum absolute atomic E-state index is 0.485. The normalized spacial score (nSPS) is 33.3. The first kappa shape index (κ1) is 15.7. The highest BCUT2D eigenvalue weighted by Crippen LogP contribution is 2.46. The number of aromatic amines is 1. The molecule has 1 aliphatic heterocycles. The SMILES string of the molecule is O=c1ccn([C@@H]2O[C@@](CO)(C(F)(F)F)[C@@H](O)[C@H]2O)c(=O)[nH]1. The molecular formula is C10H11F3N2O6. The van der Waals surface area contributed by atoms with E-state index in [9.17, 15) is 33.0 Å². The van der Waals surface area contributed by atoms with Crippen LogP contribution in [0.4, 0.5) is 13.2 Å². The molecule has 0 saturated carbocycles. The third-order valence-corrected chi connectivity index (χ3v) is 3.26. The maximum absolute atomic E-state index is 13.0. The fourth-order valence-corrected chi connectivity index (χ4v) is 2.09. The van der Waals surface area contributed by atoms with Gasteiger partial charge < -0.3 is 20.1 Å². The Morgan fingerprint density at radius 1 is 1.38 bits per heavy atom. The fraction of sp³-hybridized carbons (Fsp3) is 0.600. The van der Waals surface area contributed by atoms with E-state index in [1.807, 2.05) is 0 Å². The average molecular weight is 312 g/mol. The molecule has 118 valence electrons. The number of aliphatic hydroxyl groups is 3. The lowest BCUT2D eigenvalue weighted by Crippen LogP contribution is -2.57. The fourth-order valence-electron chi connectivity index (χ4n) is 2.09. The Morgan fingerprint density at radius 3 is 2.43 bits per heavy atom. The van der Waals surface area contributed by atoms with Crippen LogP contribution in [0.3, 0.4) is 0 Å². The Bertz CT molecular complexity index is 641. The summed E-state index contributed by atoms with van der Waals surface area (Å²) < 4.78 is 44.0. The van der Waals surface area contributed by atoms with E-state index >= 15 is 0 Å². The molecule has 2 rings (SSSR count). The Hall–Kier alpha value is -1.69. The number of alkyl halides is 3. The summed E-state index contributed by atoms with van der Waals surface area (Å²) in [6.45, 7) is -1.65. The molecule has 11 heteroatoms. The molecule has 0 aromatic carbocycles. The van der Waals surface area contributed by atoms with Crippen LogP contribution < -0.4 is 11.2 Å². The van der Waals surface area contributed by atoms with Gasteiger partial charge in [0.05, 0.1) is 6.61 Å². The summed E-state index contributed by atoms with van der Waals surface area (Å²) in [5.41, 5.74) is -5.35. The Labute approximate surface area is 114 Å². The number of aromatic nitrogens is 2. The second-order valence-corrected chi connectivity index (χ2v) is 4.51. The highest BCUT2D eigenvalue weighted by molar-refractivity contribution is 5.06. The molecule has 0 amide bonds. The Balaban J connectivity index is 2.49. The lowest BCUT2D eigenvalue weighted by atomic mass is 9.95. The second kappa shape index (κ2) is 4.94. The first-order valence-electron chi connectivity index (χ1n) is 5.67. The molecule has 8 nitrogen and oxygen atoms in total. The van der Waals surface area contributed by atoms with E-state index in [-0.39, 0.29) is 0 Å². The summed E-state index contributed by atoms with van der Waals surface area (Å²) in [7, 11) is 0. The number of H-pyrrole nitrogens is 1. The molecule has 0 spiro atoms. The highest BCUT2D eigenvalue weighted by Gasteiger charge is 2.68. The van der Waals surface area contributed by atoms with Crippen LogP contribution in [0.2, 0.25) is 0 Å².